The van der Waals surface area contributed by atoms with Crippen LogP contribution >= 0.6 is 0 Å². The van der Waals surface area contributed by atoms with E-state index in [-0.39, 0.29) is 12.5 Å². The van der Waals surface area contributed by atoms with Crippen LogP contribution in [0, 0.1) is 5.92 Å². The second-order valence-corrected chi connectivity index (χ2v) is 5.49. The summed E-state index contributed by atoms with van der Waals surface area (Å²) in [7, 11) is 0. The smallest absolute Gasteiger partial charge is 0.0628 e. The van der Waals surface area contributed by atoms with E-state index in [1.165, 1.54) is 5.56 Å². The Bertz CT molecular complexity index is 507. The summed E-state index contributed by atoms with van der Waals surface area (Å²) in [5.41, 5.74) is 2.34. The summed E-state index contributed by atoms with van der Waals surface area (Å²) >= 11 is 0. The van der Waals surface area contributed by atoms with Crippen LogP contribution < -0.4 is 0 Å². The predicted octanol–water partition coefficient (Wildman–Crippen LogP) is 3.25. The molecular weight excluding hydrogens is 248 g/mol. The lowest BCUT2D eigenvalue weighted by Crippen LogP contribution is -2.14. The number of hydrogen-bond acceptors (Lipinski definition) is 2. The molecule has 2 atom stereocenters. The number of hydrogen-bond donors (Lipinski definition) is 1. The zero-order valence-electron chi connectivity index (χ0n) is 12.4. The third-order valence-corrected chi connectivity index (χ3v) is 3.83. The van der Waals surface area contributed by atoms with Crippen molar-refractivity contribution < 1.29 is 5.11 Å². The first-order chi connectivity index (χ1) is 9.72. The summed E-state index contributed by atoms with van der Waals surface area (Å²) < 4.78 is 2.02. The van der Waals surface area contributed by atoms with Gasteiger partial charge in [0.2, 0.25) is 0 Å². The topological polar surface area (TPSA) is 38.0 Å². The van der Waals surface area contributed by atoms with E-state index in [4.69, 9.17) is 0 Å². The third-order valence-electron chi connectivity index (χ3n) is 3.83. The fourth-order valence-corrected chi connectivity index (χ4v) is 2.36. The van der Waals surface area contributed by atoms with Gasteiger partial charge in [0.05, 0.1) is 5.69 Å². The summed E-state index contributed by atoms with van der Waals surface area (Å²) in [4.78, 5) is 0. The maximum absolute atomic E-state index is 9.58. The molecule has 2 aromatic rings. The molecule has 20 heavy (non-hydrogen) atoms. The summed E-state index contributed by atoms with van der Waals surface area (Å²) in [6.07, 6.45) is 4.84. The Kier molecular flexibility index (Phi) is 5.36. The summed E-state index contributed by atoms with van der Waals surface area (Å²) in [6.45, 7) is 4.54. The van der Waals surface area contributed by atoms with Crippen molar-refractivity contribution in [3.8, 4) is 0 Å². The van der Waals surface area contributed by atoms with Crippen LogP contribution in [0.1, 0.15) is 37.6 Å². The normalized spacial score (nSPS) is 14.2. The summed E-state index contributed by atoms with van der Waals surface area (Å²) in [5.74, 6) is 0.234. The second kappa shape index (κ2) is 7.25. The quantitative estimate of drug-likeness (QED) is 0.840. The van der Waals surface area contributed by atoms with Gasteiger partial charge in [0.1, 0.15) is 0 Å². The Balaban J connectivity index is 1.98. The molecule has 3 heteroatoms. The van der Waals surface area contributed by atoms with Gasteiger partial charge in [0, 0.05) is 18.8 Å². The van der Waals surface area contributed by atoms with E-state index >= 15 is 0 Å². The maximum atomic E-state index is 9.58. The molecule has 1 heterocycles. The van der Waals surface area contributed by atoms with Crippen LogP contribution in [0.5, 0.6) is 0 Å². The van der Waals surface area contributed by atoms with Gasteiger partial charge in [-0.3, -0.25) is 4.68 Å². The van der Waals surface area contributed by atoms with Crippen molar-refractivity contribution in [2.45, 2.75) is 39.2 Å². The highest BCUT2D eigenvalue weighted by atomic mass is 16.3. The van der Waals surface area contributed by atoms with Crippen molar-refractivity contribution in [1.82, 2.24) is 9.78 Å². The molecule has 0 aliphatic heterocycles. The van der Waals surface area contributed by atoms with Crippen LogP contribution in [-0.4, -0.2) is 21.5 Å². The number of nitrogens with zero attached hydrogens (tertiary/aromatic N) is 2. The van der Waals surface area contributed by atoms with Crippen molar-refractivity contribution in [3.05, 3.63) is 53.9 Å². The average molecular weight is 272 g/mol. The minimum absolute atomic E-state index is 0.199. The van der Waals surface area contributed by atoms with Gasteiger partial charge in [-0.1, -0.05) is 37.3 Å². The molecule has 108 valence electrons. The molecule has 1 aromatic carbocycles. The molecule has 0 aliphatic carbocycles. The predicted molar refractivity (Wildman–Crippen MR) is 81.7 cm³/mol. The zero-order valence-corrected chi connectivity index (χ0v) is 12.4. The molecule has 0 radical (unpaired) electrons. The Morgan fingerprint density at radius 2 is 1.90 bits per heavy atom. The monoisotopic (exact) mass is 272 g/mol. The summed E-state index contributed by atoms with van der Waals surface area (Å²) in [5, 5.41) is 14.2. The molecular formula is C17H24N2O. The Labute approximate surface area is 121 Å². The molecule has 0 aliphatic rings. The SMILES string of the molecule is CCC(C)n1ccc(CC(CO)Cc2ccccc2)n1. The molecule has 0 amide bonds. The van der Waals surface area contributed by atoms with E-state index in [1.54, 1.807) is 0 Å². The van der Waals surface area contributed by atoms with E-state index in [0.29, 0.717) is 6.04 Å². The number of aliphatic hydroxyl groups is 1. The van der Waals surface area contributed by atoms with Crippen molar-refractivity contribution in [3.63, 3.8) is 0 Å². The van der Waals surface area contributed by atoms with Crippen molar-refractivity contribution >= 4 is 0 Å². The lowest BCUT2D eigenvalue weighted by molar-refractivity contribution is 0.224. The van der Waals surface area contributed by atoms with Crippen molar-refractivity contribution in [2.24, 2.45) is 5.92 Å². The van der Waals surface area contributed by atoms with Gasteiger partial charge in [-0.05, 0) is 43.7 Å². The van der Waals surface area contributed by atoms with Crippen LogP contribution in [0.4, 0.5) is 0 Å². The Hall–Kier alpha value is -1.61. The highest BCUT2D eigenvalue weighted by Crippen LogP contribution is 2.15. The van der Waals surface area contributed by atoms with Crippen LogP contribution in [0.15, 0.2) is 42.6 Å². The molecule has 3 nitrogen and oxygen atoms in total. The first-order valence-corrected chi connectivity index (χ1v) is 7.41. The van der Waals surface area contributed by atoms with Gasteiger partial charge in [-0.15, -0.1) is 0 Å². The van der Waals surface area contributed by atoms with Gasteiger partial charge in [0.15, 0.2) is 0 Å². The van der Waals surface area contributed by atoms with E-state index in [0.717, 1.165) is 25.0 Å². The molecule has 0 saturated carbocycles. The molecule has 0 saturated heterocycles. The standard InChI is InChI=1S/C17H24N2O/c1-3-14(2)19-10-9-17(18-19)12-16(13-20)11-15-7-5-4-6-8-15/h4-10,14,16,20H,3,11-13H2,1-2H3. The number of aliphatic hydroxyl groups excluding tert-OH is 1. The van der Waals surface area contributed by atoms with E-state index < -0.39 is 0 Å². The van der Waals surface area contributed by atoms with Gasteiger partial charge in [-0.2, -0.15) is 5.10 Å². The van der Waals surface area contributed by atoms with E-state index in [9.17, 15) is 5.11 Å². The highest BCUT2D eigenvalue weighted by molar-refractivity contribution is 5.16. The van der Waals surface area contributed by atoms with E-state index in [1.807, 2.05) is 29.1 Å². The Morgan fingerprint density at radius 3 is 2.55 bits per heavy atom. The summed E-state index contributed by atoms with van der Waals surface area (Å²) in [6, 6.07) is 12.8. The van der Waals surface area contributed by atoms with Gasteiger partial charge in [-0.25, -0.2) is 0 Å². The maximum Gasteiger partial charge on any atom is 0.0628 e. The largest absolute Gasteiger partial charge is 0.396 e. The third kappa shape index (κ3) is 3.94. The first-order valence-electron chi connectivity index (χ1n) is 7.41. The molecule has 0 spiro atoms. The van der Waals surface area contributed by atoms with Crippen molar-refractivity contribution in [2.75, 3.05) is 6.61 Å². The fourth-order valence-electron chi connectivity index (χ4n) is 2.36. The van der Waals surface area contributed by atoms with Crippen LogP contribution in [0.3, 0.4) is 0 Å². The number of rotatable bonds is 7. The van der Waals surface area contributed by atoms with Gasteiger partial charge in [0.25, 0.3) is 0 Å². The van der Waals surface area contributed by atoms with Crippen molar-refractivity contribution in [1.29, 1.82) is 0 Å². The minimum atomic E-state index is 0.199. The molecule has 2 rings (SSSR count). The fraction of sp³-hybridized carbons (Fsp3) is 0.471. The lowest BCUT2D eigenvalue weighted by atomic mass is 9.96. The average Bonchev–Trinajstić information content (AvgIpc) is 2.95. The molecule has 0 bridgehead atoms. The highest BCUT2D eigenvalue weighted by Gasteiger charge is 2.12. The number of aromatic nitrogens is 2. The molecule has 0 fully saturated rings. The number of benzene rings is 1. The zero-order chi connectivity index (χ0) is 14.4. The van der Waals surface area contributed by atoms with Crippen LogP contribution in [-0.2, 0) is 12.8 Å². The van der Waals surface area contributed by atoms with Crippen LogP contribution in [0.25, 0.3) is 0 Å². The van der Waals surface area contributed by atoms with Gasteiger partial charge >= 0.3 is 0 Å². The molecule has 1 N–H and O–H groups in total. The lowest BCUT2D eigenvalue weighted by Gasteiger charge is -2.13. The first kappa shape index (κ1) is 14.8. The van der Waals surface area contributed by atoms with E-state index in [2.05, 4.69) is 37.1 Å². The molecule has 2 unspecified atom stereocenters. The van der Waals surface area contributed by atoms with Crippen LogP contribution in [0.2, 0.25) is 0 Å². The minimum Gasteiger partial charge on any atom is -0.396 e. The second-order valence-electron chi connectivity index (χ2n) is 5.49. The molecule has 1 aromatic heterocycles. The van der Waals surface area contributed by atoms with Gasteiger partial charge < -0.3 is 5.11 Å². The Morgan fingerprint density at radius 1 is 1.15 bits per heavy atom.